The van der Waals surface area contributed by atoms with E-state index in [0.29, 0.717) is 24.4 Å². The van der Waals surface area contributed by atoms with Crippen molar-refractivity contribution in [2.75, 3.05) is 19.4 Å². The van der Waals surface area contributed by atoms with Crippen LogP contribution in [-0.2, 0) is 14.3 Å². The SMILES string of the molecule is CSC1O[C@H]([C@H](NC(=O)[C@H]2NC[C@@H]3C[C@@H](CC(C)C)CCO[C@H]32)[C@H](C)Cl)CC(O)[C@H]1O. The molecule has 3 fully saturated rings. The zero-order chi connectivity index (χ0) is 22.7. The maximum atomic E-state index is 13.2. The summed E-state index contributed by atoms with van der Waals surface area (Å²) in [6, 6.07) is -0.901. The van der Waals surface area contributed by atoms with Crippen molar-refractivity contribution in [3.63, 3.8) is 0 Å². The third-order valence-electron chi connectivity index (χ3n) is 6.85. The molecule has 0 aromatic heterocycles. The number of rotatable bonds is 7. The lowest BCUT2D eigenvalue weighted by atomic mass is 9.85. The van der Waals surface area contributed by atoms with Gasteiger partial charge in [-0.1, -0.05) is 13.8 Å². The van der Waals surface area contributed by atoms with Crippen molar-refractivity contribution in [1.29, 1.82) is 0 Å². The van der Waals surface area contributed by atoms with E-state index < -0.39 is 41.2 Å². The number of hydrogen-bond donors (Lipinski definition) is 4. The number of carbonyl (C=O) groups is 1. The monoisotopic (exact) mass is 478 g/mol. The van der Waals surface area contributed by atoms with Gasteiger partial charge in [-0.25, -0.2) is 0 Å². The van der Waals surface area contributed by atoms with Crippen molar-refractivity contribution >= 4 is 29.3 Å². The highest BCUT2D eigenvalue weighted by molar-refractivity contribution is 7.99. The number of thioether (sulfide) groups is 1. The quantitative estimate of drug-likeness (QED) is 0.413. The molecule has 0 radical (unpaired) electrons. The molecule has 3 rings (SSSR count). The average molecular weight is 479 g/mol. The molecule has 180 valence electrons. The Bertz CT molecular complexity index is 598. The summed E-state index contributed by atoms with van der Waals surface area (Å²) in [6.07, 6.45) is 2.88. The molecule has 7 nitrogen and oxygen atoms in total. The molecular weight excluding hydrogens is 440 g/mol. The Morgan fingerprint density at radius 3 is 2.68 bits per heavy atom. The molecule has 9 heteroatoms. The van der Waals surface area contributed by atoms with Gasteiger partial charge in [-0.2, -0.15) is 0 Å². The first-order chi connectivity index (χ1) is 14.7. The van der Waals surface area contributed by atoms with Crippen molar-refractivity contribution in [1.82, 2.24) is 10.6 Å². The number of hydrogen-bond acceptors (Lipinski definition) is 7. The summed E-state index contributed by atoms with van der Waals surface area (Å²) in [5.74, 6) is 1.49. The van der Waals surface area contributed by atoms with E-state index in [0.717, 1.165) is 19.4 Å². The molecule has 0 bridgehead atoms. The fraction of sp³-hybridized carbons (Fsp3) is 0.955. The maximum absolute atomic E-state index is 13.2. The van der Waals surface area contributed by atoms with Gasteiger partial charge in [0.25, 0.3) is 0 Å². The second kappa shape index (κ2) is 11.4. The molecule has 4 N–H and O–H groups in total. The van der Waals surface area contributed by atoms with Gasteiger partial charge in [0.15, 0.2) is 0 Å². The summed E-state index contributed by atoms with van der Waals surface area (Å²) >= 11 is 7.77. The molecular formula is C22H39ClN2O5S. The van der Waals surface area contributed by atoms with Crippen molar-refractivity contribution in [2.24, 2.45) is 17.8 Å². The molecule has 0 saturated carbocycles. The second-order valence-electron chi connectivity index (χ2n) is 9.79. The van der Waals surface area contributed by atoms with E-state index in [1.54, 1.807) is 0 Å². The van der Waals surface area contributed by atoms with E-state index in [1.165, 1.54) is 18.2 Å². The van der Waals surface area contributed by atoms with E-state index >= 15 is 0 Å². The minimum Gasteiger partial charge on any atom is -0.390 e. The zero-order valence-corrected chi connectivity index (χ0v) is 20.6. The van der Waals surface area contributed by atoms with Gasteiger partial charge in [0.1, 0.15) is 17.6 Å². The van der Waals surface area contributed by atoms with Crippen LogP contribution in [0.2, 0.25) is 0 Å². The average Bonchev–Trinajstić information content (AvgIpc) is 2.99. The standard InChI is InChI=1S/C22H39ClN2O5S/c1-11(2)7-13-5-6-29-20-14(8-13)10-24-18(20)21(28)25-17(12(3)23)16-9-15(26)19(27)22(30-16)31-4/h11-20,22,24,26-27H,5-10H2,1-4H3,(H,25,28)/t12-,13+,14-,15?,16-,17+,18-,19+,20+,22?/m0/s1. The summed E-state index contributed by atoms with van der Waals surface area (Å²) in [4.78, 5) is 13.2. The Hall–Kier alpha value is -0.0900. The Morgan fingerprint density at radius 1 is 1.29 bits per heavy atom. The number of aliphatic hydroxyl groups excluding tert-OH is 2. The molecule has 3 aliphatic rings. The molecule has 3 heterocycles. The maximum Gasteiger partial charge on any atom is 0.240 e. The predicted octanol–water partition coefficient (Wildman–Crippen LogP) is 1.73. The number of nitrogens with one attached hydrogen (secondary N) is 2. The third-order valence-corrected chi connectivity index (χ3v) is 7.97. The molecule has 3 saturated heterocycles. The van der Waals surface area contributed by atoms with Crippen molar-refractivity contribution < 1.29 is 24.5 Å². The van der Waals surface area contributed by atoms with Crippen molar-refractivity contribution in [3.05, 3.63) is 0 Å². The summed E-state index contributed by atoms with van der Waals surface area (Å²) in [6.45, 7) is 7.78. The number of amides is 1. The van der Waals surface area contributed by atoms with Gasteiger partial charge in [0.2, 0.25) is 5.91 Å². The van der Waals surface area contributed by atoms with Gasteiger partial charge in [0.05, 0.1) is 29.7 Å². The predicted molar refractivity (Wildman–Crippen MR) is 123 cm³/mol. The number of aliphatic hydroxyl groups is 2. The largest absolute Gasteiger partial charge is 0.390 e. The Kier molecular flexibility index (Phi) is 9.36. The van der Waals surface area contributed by atoms with Crippen LogP contribution in [0.3, 0.4) is 0 Å². The zero-order valence-electron chi connectivity index (χ0n) is 19.0. The summed E-state index contributed by atoms with van der Waals surface area (Å²) in [5.41, 5.74) is -0.555. The molecule has 0 aromatic rings. The van der Waals surface area contributed by atoms with Crippen LogP contribution < -0.4 is 10.6 Å². The summed E-state index contributed by atoms with van der Waals surface area (Å²) < 4.78 is 12.1. The van der Waals surface area contributed by atoms with Crippen molar-refractivity contribution in [3.8, 4) is 0 Å². The van der Waals surface area contributed by atoms with Gasteiger partial charge >= 0.3 is 0 Å². The van der Waals surface area contributed by atoms with E-state index in [2.05, 4.69) is 24.5 Å². The van der Waals surface area contributed by atoms with Crippen LogP contribution >= 0.6 is 23.4 Å². The first kappa shape index (κ1) is 25.5. The van der Waals surface area contributed by atoms with Crippen LogP contribution in [-0.4, -0.2) is 82.8 Å². The molecule has 0 spiro atoms. The molecule has 10 atom stereocenters. The van der Waals surface area contributed by atoms with E-state index in [9.17, 15) is 15.0 Å². The van der Waals surface area contributed by atoms with Crippen molar-refractivity contribution in [2.45, 2.75) is 93.8 Å². The minimum absolute atomic E-state index is 0.137. The Balaban J connectivity index is 1.64. The number of fused-ring (bicyclic) bond motifs is 1. The van der Waals surface area contributed by atoms with Crippen LogP contribution in [0.15, 0.2) is 0 Å². The Labute approximate surface area is 195 Å². The summed E-state index contributed by atoms with van der Waals surface area (Å²) in [5, 5.41) is 26.4. The molecule has 0 aromatic carbocycles. The van der Waals surface area contributed by atoms with E-state index in [4.69, 9.17) is 21.1 Å². The van der Waals surface area contributed by atoms with Crippen LogP contribution in [0.1, 0.15) is 46.5 Å². The lowest BCUT2D eigenvalue weighted by Crippen LogP contribution is -2.59. The highest BCUT2D eigenvalue weighted by atomic mass is 35.5. The lowest BCUT2D eigenvalue weighted by molar-refractivity contribution is -0.148. The topological polar surface area (TPSA) is 100 Å². The third kappa shape index (κ3) is 6.28. The second-order valence-corrected chi connectivity index (χ2v) is 11.4. The first-order valence-electron chi connectivity index (χ1n) is 11.5. The number of ether oxygens (including phenoxy) is 2. The van der Waals surface area contributed by atoms with Gasteiger partial charge < -0.3 is 30.3 Å². The van der Waals surface area contributed by atoms with Crippen LogP contribution in [0.4, 0.5) is 0 Å². The fourth-order valence-electron chi connectivity index (χ4n) is 5.32. The fourth-order valence-corrected chi connectivity index (χ4v) is 6.26. The van der Waals surface area contributed by atoms with Crippen LogP contribution in [0.5, 0.6) is 0 Å². The number of carbonyl (C=O) groups excluding carboxylic acids is 1. The molecule has 1 amide bonds. The smallest absolute Gasteiger partial charge is 0.240 e. The van der Waals surface area contributed by atoms with E-state index in [1.807, 2.05) is 13.2 Å². The number of alkyl halides is 1. The molecule has 2 unspecified atom stereocenters. The summed E-state index contributed by atoms with van der Waals surface area (Å²) in [7, 11) is 0. The lowest BCUT2D eigenvalue weighted by Gasteiger charge is -2.41. The highest BCUT2D eigenvalue weighted by Gasteiger charge is 2.46. The van der Waals surface area contributed by atoms with Gasteiger partial charge in [-0.15, -0.1) is 23.4 Å². The normalized spacial score (nSPS) is 40.8. The minimum atomic E-state index is -0.955. The first-order valence-corrected chi connectivity index (χ1v) is 13.3. The number of halogens is 1. The highest BCUT2D eigenvalue weighted by Crippen LogP contribution is 2.34. The van der Waals surface area contributed by atoms with Gasteiger partial charge in [-0.05, 0) is 50.2 Å². The molecule has 3 aliphatic heterocycles. The molecule has 0 aliphatic carbocycles. The van der Waals surface area contributed by atoms with E-state index in [-0.39, 0.29) is 18.4 Å². The molecule has 31 heavy (non-hydrogen) atoms. The Morgan fingerprint density at radius 2 is 2.03 bits per heavy atom. The van der Waals surface area contributed by atoms with Gasteiger partial charge in [0, 0.05) is 19.6 Å². The van der Waals surface area contributed by atoms with Crippen LogP contribution in [0.25, 0.3) is 0 Å². The van der Waals surface area contributed by atoms with Gasteiger partial charge in [-0.3, -0.25) is 4.79 Å². The van der Waals surface area contributed by atoms with Crippen LogP contribution in [0, 0.1) is 17.8 Å².